The van der Waals surface area contributed by atoms with Gasteiger partial charge in [0.1, 0.15) is 23.9 Å². The van der Waals surface area contributed by atoms with Crippen LogP contribution in [-0.4, -0.2) is 23.7 Å². The molecule has 0 radical (unpaired) electrons. The Hall–Kier alpha value is -4.52. The molecule has 0 amide bonds. The highest BCUT2D eigenvalue weighted by Gasteiger charge is 2.27. The number of aryl methyl sites for hydroxylation is 1. The van der Waals surface area contributed by atoms with Crippen LogP contribution in [0.25, 0.3) is 27.8 Å². The van der Waals surface area contributed by atoms with E-state index in [-0.39, 0.29) is 23.7 Å². The van der Waals surface area contributed by atoms with E-state index in [2.05, 4.69) is 32.2 Å². The van der Waals surface area contributed by atoms with Gasteiger partial charge in [0.25, 0.3) is 0 Å². The Balaban J connectivity index is 1.65. The number of hydrogen-bond donors (Lipinski definition) is 2. The Morgan fingerprint density at radius 3 is 2.51 bits per heavy atom. The summed E-state index contributed by atoms with van der Waals surface area (Å²) in [7, 11) is 1.58. The van der Waals surface area contributed by atoms with Gasteiger partial charge in [-0.05, 0) is 74.2 Å². The van der Waals surface area contributed by atoms with Gasteiger partial charge in [-0.1, -0.05) is 30.3 Å². The number of methoxy groups -OCH3 is 1. The Morgan fingerprint density at radius 2 is 1.77 bits per heavy atom. The number of rotatable bonds is 7. The first-order valence-corrected chi connectivity index (χ1v) is 12.6. The molecular weight excluding hydrogens is 497 g/mol. The van der Waals surface area contributed by atoms with Gasteiger partial charge in [-0.25, -0.2) is 9.18 Å². The minimum atomic E-state index is -1.14. The molecule has 2 N–H and O–H groups in total. The zero-order valence-electron chi connectivity index (χ0n) is 22.5. The lowest BCUT2D eigenvalue weighted by atomic mass is 9.85. The number of anilines is 1. The van der Waals surface area contributed by atoms with Gasteiger partial charge in [-0.15, -0.1) is 0 Å². The summed E-state index contributed by atoms with van der Waals surface area (Å²) in [6.07, 6.45) is 3.54. The summed E-state index contributed by atoms with van der Waals surface area (Å²) in [5, 5.41) is 13.1. The third kappa shape index (κ3) is 5.00. The zero-order chi connectivity index (χ0) is 27.9. The summed E-state index contributed by atoms with van der Waals surface area (Å²) >= 11 is 0. The van der Waals surface area contributed by atoms with Crippen molar-refractivity contribution in [3.8, 4) is 33.8 Å². The van der Waals surface area contributed by atoms with Crippen LogP contribution in [0.5, 0.6) is 11.5 Å². The second-order valence-corrected chi connectivity index (χ2v) is 10.3. The molecule has 6 nitrogen and oxygen atoms in total. The number of benzene rings is 3. The van der Waals surface area contributed by atoms with Crippen LogP contribution >= 0.6 is 0 Å². The van der Waals surface area contributed by atoms with Gasteiger partial charge < -0.3 is 24.3 Å². The van der Waals surface area contributed by atoms with Crippen LogP contribution in [0, 0.1) is 12.7 Å². The monoisotopic (exact) mass is 527 g/mol. The molecule has 200 valence electrons. The lowest BCUT2D eigenvalue weighted by Crippen LogP contribution is -2.32. The summed E-state index contributed by atoms with van der Waals surface area (Å²) < 4.78 is 31.2. The number of aromatic carboxylic acids is 1. The van der Waals surface area contributed by atoms with Gasteiger partial charge in [-0.3, -0.25) is 0 Å². The molecule has 0 aliphatic carbocycles. The Kier molecular flexibility index (Phi) is 6.68. The van der Waals surface area contributed by atoms with Crippen LogP contribution in [0.15, 0.2) is 71.4 Å². The van der Waals surface area contributed by atoms with E-state index >= 15 is 0 Å². The number of ether oxygens (including phenoxy) is 2. The minimum Gasteiger partial charge on any atom is -0.496 e. The fourth-order valence-corrected chi connectivity index (χ4v) is 5.26. The van der Waals surface area contributed by atoms with Gasteiger partial charge in [0.15, 0.2) is 0 Å². The van der Waals surface area contributed by atoms with Crippen LogP contribution in [-0.2, 0) is 6.61 Å². The summed E-state index contributed by atoms with van der Waals surface area (Å²) in [4.78, 5) is 11.6. The highest BCUT2D eigenvalue weighted by molar-refractivity contribution is 5.94. The largest absolute Gasteiger partial charge is 0.496 e. The number of furan rings is 1. The van der Waals surface area contributed by atoms with E-state index in [0.29, 0.717) is 22.6 Å². The second kappa shape index (κ2) is 9.98. The van der Waals surface area contributed by atoms with E-state index in [0.717, 1.165) is 39.1 Å². The van der Waals surface area contributed by atoms with Crippen molar-refractivity contribution >= 4 is 17.2 Å². The first-order chi connectivity index (χ1) is 18.6. The number of carboxylic acids is 1. The van der Waals surface area contributed by atoms with Crippen molar-refractivity contribution in [2.45, 2.75) is 39.8 Å². The zero-order valence-corrected chi connectivity index (χ0v) is 22.5. The minimum absolute atomic E-state index is 0.132. The van der Waals surface area contributed by atoms with Crippen LogP contribution in [0.3, 0.4) is 0 Å². The number of hydrogen-bond acceptors (Lipinski definition) is 5. The Labute approximate surface area is 226 Å². The molecule has 1 aliphatic heterocycles. The maximum atomic E-state index is 14.0. The van der Waals surface area contributed by atoms with Crippen molar-refractivity contribution in [2.75, 3.05) is 12.4 Å². The first-order valence-electron chi connectivity index (χ1n) is 12.6. The van der Waals surface area contributed by atoms with Crippen molar-refractivity contribution in [3.63, 3.8) is 0 Å². The van der Waals surface area contributed by atoms with E-state index < -0.39 is 5.97 Å². The molecule has 3 aromatic carbocycles. The molecule has 2 heterocycles. The number of carboxylic acid groups (broad SMARTS) is 1. The van der Waals surface area contributed by atoms with E-state index in [4.69, 9.17) is 13.9 Å². The third-order valence-corrected chi connectivity index (χ3v) is 6.93. The van der Waals surface area contributed by atoms with E-state index in [9.17, 15) is 14.3 Å². The number of carbonyl (C=O) groups is 1. The molecule has 7 heteroatoms. The molecule has 0 saturated heterocycles. The average Bonchev–Trinajstić information content (AvgIpc) is 3.38. The summed E-state index contributed by atoms with van der Waals surface area (Å²) in [5.74, 6) is -0.584. The summed E-state index contributed by atoms with van der Waals surface area (Å²) in [6, 6.07) is 15.8. The van der Waals surface area contributed by atoms with Crippen LogP contribution in [0.4, 0.5) is 10.1 Å². The van der Waals surface area contributed by atoms with Gasteiger partial charge >= 0.3 is 5.97 Å². The fraction of sp³-hybridized carbons (Fsp3) is 0.219. The van der Waals surface area contributed by atoms with Crippen LogP contribution in [0.1, 0.15) is 48.0 Å². The van der Waals surface area contributed by atoms with Crippen molar-refractivity contribution < 1.29 is 28.2 Å². The Morgan fingerprint density at radius 1 is 1.00 bits per heavy atom. The number of fused-ring (bicyclic) bond motifs is 1. The summed E-state index contributed by atoms with van der Waals surface area (Å²) in [6.45, 7) is 8.39. The Bertz CT molecular complexity index is 1620. The normalized spacial score (nSPS) is 13.7. The topological polar surface area (TPSA) is 80.9 Å². The van der Waals surface area contributed by atoms with Gasteiger partial charge in [-0.2, -0.15) is 0 Å². The van der Waals surface area contributed by atoms with E-state index in [1.54, 1.807) is 25.3 Å². The molecule has 5 rings (SSSR count). The van der Waals surface area contributed by atoms with Gasteiger partial charge in [0, 0.05) is 34.0 Å². The molecule has 4 aromatic rings. The van der Waals surface area contributed by atoms with Crippen LogP contribution in [0.2, 0.25) is 0 Å². The fourth-order valence-electron chi connectivity index (χ4n) is 5.26. The van der Waals surface area contributed by atoms with Crippen LogP contribution < -0.4 is 14.8 Å². The van der Waals surface area contributed by atoms with E-state index in [1.165, 1.54) is 18.4 Å². The molecule has 0 unspecified atom stereocenters. The smallest absolute Gasteiger partial charge is 0.372 e. The molecule has 0 bridgehead atoms. The van der Waals surface area contributed by atoms with Crippen molar-refractivity contribution in [3.05, 3.63) is 95.2 Å². The predicted molar refractivity (Wildman–Crippen MR) is 150 cm³/mol. The van der Waals surface area contributed by atoms with E-state index in [1.807, 2.05) is 31.2 Å². The molecule has 1 aliphatic rings. The highest BCUT2D eigenvalue weighted by Crippen LogP contribution is 2.44. The average molecular weight is 528 g/mol. The number of halogens is 1. The molecule has 0 spiro atoms. The first kappa shape index (κ1) is 26.1. The highest BCUT2D eigenvalue weighted by atomic mass is 19.1. The van der Waals surface area contributed by atoms with Crippen molar-refractivity contribution in [1.82, 2.24) is 0 Å². The number of allylic oxidation sites excluding steroid dienone is 1. The molecule has 0 saturated carbocycles. The molecule has 39 heavy (non-hydrogen) atoms. The predicted octanol–water partition coefficient (Wildman–Crippen LogP) is 7.95. The van der Waals surface area contributed by atoms with Gasteiger partial charge in [0.2, 0.25) is 5.76 Å². The summed E-state index contributed by atoms with van der Waals surface area (Å²) in [5.41, 5.74) is 7.49. The molecule has 0 fully saturated rings. The van der Waals surface area contributed by atoms with Crippen molar-refractivity contribution in [1.29, 1.82) is 0 Å². The molecule has 0 atom stereocenters. The molecule has 1 aromatic heterocycles. The lowest BCUT2D eigenvalue weighted by molar-refractivity contribution is 0.0663. The standard InChI is InChI=1S/C32H30FNO5/c1-18-6-8-21(33)15-27(18)39-17-25-23(10-11-26-29(25)19(2)16-32(3,4)34-26)24-9-7-20(14-28(24)37-5)22-12-13-38-30(22)31(35)36/h6-16,34H,17H2,1-5H3,(H,35,36). The third-order valence-electron chi connectivity index (χ3n) is 6.93. The quantitative estimate of drug-likeness (QED) is 0.254. The maximum Gasteiger partial charge on any atom is 0.372 e. The van der Waals surface area contributed by atoms with Crippen molar-refractivity contribution in [2.24, 2.45) is 0 Å². The second-order valence-electron chi connectivity index (χ2n) is 10.3. The maximum absolute atomic E-state index is 14.0. The number of nitrogens with one attached hydrogen (secondary N) is 1. The lowest BCUT2D eigenvalue weighted by Gasteiger charge is -2.33. The van der Waals surface area contributed by atoms with Gasteiger partial charge in [0.05, 0.1) is 18.9 Å². The molecular formula is C32H30FNO5. The SMILES string of the molecule is COc1cc(-c2ccoc2C(=O)O)ccc1-c1ccc2c(c1COc1cc(F)ccc1C)C(C)=CC(C)(C)N2.